The lowest BCUT2D eigenvalue weighted by Gasteiger charge is -2.06. The summed E-state index contributed by atoms with van der Waals surface area (Å²) in [5, 5.41) is 6.74. The molecule has 2 aromatic heterocycles. The first-order valence-electron chi connectivity index (χ1n) is 8.56. The fraction of sp³-hybridized carbons (Fsp3) is 0.211. The minimum atomic E-state index is -0.704. The van der Waals surface area contributed by atoms with E-state index in [4.69, 9.17) is 18.6 Å². The van der Waals surface area contributed by atoms with Crippen LogP contribution in [0, 0.1) is 0 Å². The van der Waals surface area contributed by atoms with Crippen molar-refractivity contribution in [2.75, 3.05) is 13.4 Å². The molecule has 0 fully saturated rings. The third-order valence-electron chi connectivity index (χ3n) is 4.00. The van der Waals surface area contributed by atoms with Crippen LogP contribution in [0.3, 0.4) is 0 Å². The normalized spacial score (nSPS) is 12.0. The zero-order valence-electron chi connectivity index (χ0n) is 14.8. The van der Waals surface area contributed by atoms with Crippen molar-refractivity contribution in [2.24, 2.45) is 0 Å². The van der Waals surface area contributed by atoms with Crippen molar-refractivity contribution in [3.63, 3.8) is 0 Å². The Bertz CT molecular complexity index is 979. The summed E-state index contributed by atoms with van der Waals surface area (Å²) < 4.78 is 22.6. The first-order chi connectivity index (χ1) is 13.7. The smallest absolute Gasteiger partial charge is 0.374 e. The van der Waals surface area contributed by atoms with E-state index in [1.807, 2.05) is 6.07 Å². The molecule has 0 atom stereocenters. The van der Waals surface area contributed by atoms with Gasteiger partial charge >= 0.3 is 5.97 Å². The Morgan fingerprint density at radius 2 is 2.07 bits per heavy atom. The first kappa shape index (κ1) is 17.7. The molecule has 28 heavy (non-hydrogen) atoms. The van der Waals surface area contributed by atoms with Gasteiger partial charge in [-0.25, -0.2) is 4.79 Å². The van der Waals surface area contributed by atoms with Crippen LogP contribution in [-0.2, 0) is 22.6 Å². The van der Waals surface area contributed by atoms with Crippen molar-refractivity contribution in [3.05, 3.63) is 65.9 Å². The molecule has 0 unspecified atom stereocenters. The Kier molecular flexibility index (Phi) is 4.96. The van der Waals surface area contributed by atoms with Crippen molar-refractivity contribution in [2.45, 2.75) is 13.1 Å². The molecule has 1 amide bonds. The van der Waals surface area contributed by atoms with Gasteiger partial charge in [-0.05, 0) is 35.9 Å². The van der Waals surface area contributed by atoms with Crippen LogP contribution >= 0.6 is 0 Å². The highest BCUT2D eigenvalue weighted by molar-refractivity contribution is 5.88. The lowest BCUT2D eigenvalue weighted by atomic mass is 10.2. The maximum atomic E-state index is 12.0. The van der Waals surface area contributed by atoms with Gasteiger partial charge in [0, 0.05) is 18.9 Å². The van der Waals surface area contributed by atoms with Crippen LogP contribution in [0.2, 0.25) is 0 Å². The minimum Gasteiger partial charge on any atom is -0.454 e. The summed E-state index contributed by atoms with van der Waals surface area (Å²) in [6, 6.07) is 10.4. The Labute approximate surface area is 159 Å². The number of carbonyl (C=O) groups is 2. The van der Waals surface area contributed by atoms with Crippen LogP contribution in [0.15, 0.2) is 53.2 Å². The molecule has 9 nitrogen and oxygen atoms in total. The topological polar surface area (TPSA) is 105 Å². The number of benzene rings is 1. The zero-order chi connectivity index (χ0) is 19.3. The predicted molar refractivity (Wildman–Crippen MR) is 94.7 cm³/mol. The first-order valence-corrected chi connectivity index (χ1v) is 8.56. The van der Waals surface area contributed by atoms with Crippen LogP contribution < -0.4 is 14.8 Å². The minimum absolute atomic E-state index is 0.0331. The molecule has 3 heterocycles. The molecule has 0 spiro atoms. The lowest BCUT2D eigenvalue weighted by molar-refractivity contribution is -0.124. The molecule has 144 valence electrons. The lowest BCUT2D eigenvalue weighted by Crippen LogP contribution is -2.28. The largest absolute Gasteiger partial charge is 0.454 e. The summed E-state index contributed by atoms with van der Waals surface area (Å²) >= 11 is 0. The second-order valence-electron chi connectivity index (χ2n) is 6.01. The number of ether oxygens (including phenoxy) is 3. The molecular weight excluding hydrogens is 366 g/mol. The monoisotopic (exact) mass is 383 g/mol. The summed E-state index contributed by atoms with van der Waals surface area (Å²) in [6.45, 7) is 0.466. The molecule has 4 rings (SSSR count). The van der Waals surface area contributed by atoms with E-state index in [0.29, 0.717) is 23.8 Å². The van der Waals surface area contributed by atoms with Gasteiger partial charge in [-0.15, -0.1) is 0 Å². The number of hydrogen-bond donors (Lipinski definition) is 1. The van der Waals surface area contributed by atoms with E-state index >= 15 is 0 Å². The Morgan fingerprint density at radius 1 is 1.18 bits per heavy atom. The molecule has 9 heteroatoms. The highest BCUT2D eigenvalue weighted by atomic mass is 16.7. The van der Waals surface area contributed by atoms with E-state index < -0.39 is 18.5 Å². The van der Waals surface area contributed by atoms with E-state index in [0.717, 1.165) is 5.56 Å². The van der Waals surface area contributed by atoms with Crippen LogP contribution in [-0.4, -0.2) is 35.1 Å². The van der Waals surface area contributed by atoms with Crippen LogP contribution in [0.5, 0.6) is 11.5 Å². The van der Waals surface area contributed by atoms with Gasteiger partial charge in [-0.1, -0.05) is 6.07 Å². The number of fused-ring (bicyclic) bond motifs is 1. The number of furan rings is 1. The van der Waals surface area contributed by atoms with Gasteiger partial charge in [0.15, 0.2) is 18.1 Å². The molecule has 0 radical (unpaired) electrons. The number of esters is 1. The standard InChI is InChI=1S/C19H17N3O6/c23-18(20-9-13-2-4-15-17(8-13)27-12-26-15)11-25-19(24)16-5-3-14(28-16)10-22-7-1-6-21-22/h1-8H,9-12H2,(H,20,23). The summed E-state index contributed by atoms with van der Waals surface area (Å²) in [4.78, 5) is 23.9. The van der Waals surface area contributed by atoms with Crippen molar-refractivity contribution >= 4 is 11.9 Å². The summed E-state index contributed by atoms with van der Waals surface area (Å²) in [5.41, 5.74) is 0.846. The second kappa shape index (κ2) is 7.87. The molecule has 1 aliphatic heterocycles. The van der Waals surface area contributed by atoms with Gasteiger partial charge in [-0.2, -0.15) is 5.10 Å². The maximum Gasteiger partial charge on any atom is 0.374 e. The molecule has 1 aromatic carbocycles. The zero-order valence-corrected chi connectivity index (χ0v) is 14.8. The van der Waals surface area contributed by atoms with Gasteiger partial charge < -0.3 is 23.9 Å². The van der Waals surface area contributed by atoms with Crippen molar-refractivity contribution < 1.29 is 28.2 Å². The van der Waals surface area contributed by atoms with E-state index in [9.17, 15) is 9.59 Å². The highest BCUT2D eigenvalue weighted by Gasteiger charge is 2.16. The molecular formula is C19H17N3O6. The van der Waals surface area contributed by atoms with Crippen molar-refractivity contribution in [3.8, 4) is 11.5 Å². The number of hydrogen-bond acceptors (Lipinski definition) is 7. The SMILES string of the molecule is O=C(COC(=O)c1ccc(Cn2cccn2)o1)NCc1ccc2c(c1)OCO2. The van der Waals surface area contributed by atoms with Gasteiger partial charge in [-0.3, -0.25) is 9.48 Å². The second-order valence-corrected chi connectivity index (χ2v) is 6.01. The molecule has 0 aliphatic carbocycles. The third-order valence-corrected chi connectivity index (χ3v) is 4.00. The average Bonchev–Trinajstić information content (AvgIpc) is 3.46. The fourth-order valence-corrected chi connectivity index (χ4v) is 2.63. The van der Waals surface area contributed by atoms with Gasteiger partial charge in [0.05, 0.1) is 6.54 Å². The quantitative estimate of drug-likeness (QED) is 0.620. The Hall–Kier alpha value is -3.75. The van der Waals surface area contributed by atoms with E-state index in [-0.39, 0.29) is 19.1 Å². The summed E-state index contributed by atoms with van der Waals surface area (Å²) in [7, 11) is 0. The number of nitrogens with one attached hydrogen (secondary N) is 1. The molecule has 0 saturated heterocycles. The van der Waals surface area contributed by atoms with Crippen LogP contribution in [0.1, 0.15) is 21.9 Å². The maximum absolute atomic E-state index is 12.0. The van der Waals surface area contributed by atoms with Crippen molar-refractivity contribution in [1.82, 2.24) is 15.1 Å². The number of amides is 1. The van der Waals surface area contributed by atoms with Gasteiger partial charge in [0.1, 0.15) is 5.76 Å². The average molecular weight is 383 g/mol. The third kappa shape index (κ3) is 4.14. The number of aromatic nitrogens is 2. The number of nitrogens with zero attached hydrogens (tertiary/aromatic N) is 2. The fourth-order valence-electron chi connectivity index (χ4n) is 2.63. The van der Waals surface area contributed by atoms with Gasteiger partial charge in [0.2, 0.25) is 12.6 Å². The molecule has 0 saturated carbocycles. The summed E-state index contributed by atoms with van der Waals surface area (Å²) in [6.07, 6.45) is 3.44. The Morgan fingerprint density at radius 3 is 2.93 bits per heavy atom. The Balaban J connectivity index is 1.23. The van der Waals surface area contributed by atoms with Gasteiger partial charge in [0.25, 0.3) is 5.91 Å². The van der Waals surface area contributed by atoms with Crippen molar-refractivity contribution in [1.29, 1.82) is 0 Å². The molecule has 3 aromatic rings. The molecule has 0 bridgehead atoms. The van der Waals surface area contributed by atoms with E-state index in [2.05, 4.69) is 10.4 Å². The van der Waals surface area contributed by atoms with Crippen LogP contribution in [0.25, 0.3) is 0 Å². The highest BCUT2D eigenvalue weighted by Crippen LogP contribution is 2.32. The van der Waals surface area contributed by atoms with E-state index in [1.165, 1.54) is 6.07 Å². The molecule has 1 N–H and O–H groups in total. The predicted octanol–water partition coefficient (Wildman–Crippen LogP) is 1.73. The summed E-state index contributed by atoms with van der Waals surface area (Å²) in [5.74, 6) is 0.782. The van der Waals surface area contributed by atoms with E-state index in [1.54, 1.807) is 41.3 Å². The number of carbonyl (C=O) groups excluding carboxylic acids is 2. The van der Waals surface area contributed by atoms with Crippen LogP contribution in [0.4, 0.5) is 0 Å². The number of rotatable bonds is 7. The molecule has 1 aliphatic rings.